The van der Waals surface area contributed by atoms with E-state index in [1.807, 2.05) is 0 Å². The summed E-state index contributed by atoms with van der Waals surface area (Å²) in [4.78, 5) is 35.1. The van der Waals surface area contributed by atoms with Crippen LogP contribution < -0.4 is 10.6 Å². The third-order valence-corrected chi connectivity index (χ3v) is 3.63. The number of hydrogen-bond acceptors (Lipinski definition) is 4. The van der Waals surface area contributed by atoms with Gasteiger partial charge in [0.2, 0.25) is 0 Å². The van der Waals surface area contributed by atoms with E-state index in [0.29, 0.717) is 5.56 Å². The average Bonchev–Trinajstić information content (AvgIpc) is 3.11. The maximum absolute atomic E-state index is 12.1. The molecule has 0 bridgehead atoms. The van der Waals surface area contributed by atoms with Crippen LogP contribution in [-0.4, -0.2) is 28.9 Å². The molecular formula is C18H20N2O5. The number of carboxylic acids is 1. The molecule has 0 saturated heterocycles. The van der Waals surface area contributed by atoms with Crippen LogP contribution in [-0.2, 0) is 11.3 Å². The van der Waals surface area contributed by atoms with Crippen LogP contribution in [0.1, 0.15) is 40.3 Å². The van der Waals surface area contributed by atoms with Crippen LogP contribution in [0.4, 0.5) is 0 Å². The number of amides is 2. The lowest BCUT2D eigenvalue weighted by atomic mass is 10.0. The first-order valence-corrected chi connectivity index (χ1v) is 7.83. The molecule has 2 amide bonds. The normalized spacial score (nSPS) is 11.8. The number of carbonyl (C=O) groups is 3. The summed E-state index contributed by atoms with van der Waals surface area (Å²) in [7, 11) is 0. The van der Waals surface area contributed by atoms with Gasteiger partial charge in [0.1, 0.15) is 6.04 Å². The molecule has 0 saturated carbocycles. The van der Waals surface area contributed by atoms with E-state index in [1.165, 1.54) is 6.26 Å². The second-order valence-electron chi connectivity index (χ2n) is 5.89. The number of aliphatic carboxylic acids is 1. The molecule has 7 heteroatoms. The quantitative estimate of drug-likeness (QED) is 0.712. The Kier molecular flexibility index (Phi) is 5.94. The highest BCUT2D eigenvalue weighted by molar-refractivity contribution is 5.96. The van der Waals surface area contributed by atoms with Crippen molar-refractivity contribution in [2.24, 2.45) is 5.92 Å². The summed E-state index contributed by atoms with van der Waals surface area (Å²) in [6.07, 6.45) is 1.42. The van der Waals surface area contributed by atoms with Crippen molar-refractivity contribution in [3.63, 3.8) is 0 Å². The van der Waals surface area contributed by atoms with Crippen molar-refractivity contribution in [3.05, 3.63) is 59.5 Å². The van der Waals surface area contributed by atoms with Gasteiger partial charge in [-0.05, 0) is 35.7 Å². The predicted octanol–water partition coefficient (Wildman–Crippen LogP) is 2.05. The summed E-state index contributed by atoms with van der Waals surface area (Å²) in [5.41, 5.74) is 1.16. The molecular weight excluding hydrogens is 324 g/mol. The topological polar surface area (TPSA) is 109 Å². The van der Waals surface area contributed by atoms with E-state index >= 15 is 0 Å². The molecule has 0 aliphatic carbocycles. The van der Waals surface area contributed by atoms with Crippen molar-refractivity contribution in [2.45, 2.75) is 26.4 Å². The molecule has 1 unspecified atom stereocenters. The summed E-state index contributed by atoms with van der Waals surface area (Å²) in [5.74, 6) is -1.84. The lowest BCUT2D eigenvalue weighted by Crippen LogP contribution is -2.44. The summed E-state index contributed by atoms with van der Waals surface area (Å²) >= 11 is 0. The molecule has 3 N–H and O–H groups in total. The number of rotatable bonds is 7. The van der Waals surface area contributed by atoms with Gasteiger partial charge in [-0.3, -0.25) is 9.59 Å². The number of hydrogen-bond donors (Lipinski definition) is 3. The highest BCUT2D eigenvalue weighted by atomic mass is 16.4. The van der Waals surface area contributed by atoms with Crippen LogP contribution in [0.15, 0.2) is 47.1 Å². The first kappa shape index (κ1) is 18.3. The Morgan fingerprint density at radius 2 is 1.76 bits per heavy atom. The number of benzene rings is 1. The Morgan fingerprint density at radius 3 is 2.28 bits per heavy atom. The van der Waals surface area contributed by atoms with Crippen LogP contribution >= 0.6 is 0 Å². The van der Waals surface area contributed by atoms with Gasteiger partial charge in [-0.15, -0.1) is 0 Å². The fourth-order valence-corrected chi connectivity index (χ4v) is 2.19. The van der Waals surface area contributed by atoms with Crippen molar-refractivity contribution in [1.82, 2.24) is 10.6 Å². The zero-order chi connectivity index (χ0) is 18.4. The Bertz CT molecular complexity index is 735. The molecule has 1 atom stereocenters. The largest absolute Gasteiger partial charge is 0.480 e. The van der Waals surface area contributed by atoms with Gasteiger partial charge in [-0.1, -0.05) is 26.0 Å². The predicted molar refractivity (Wildman–Crippen MR) is 90.0 cm³/mol. The Hall–Kier alpha value is -3.09. The van der Waals surface area contributed by atoms with Crippen molar-refractivity contribution >= 4 is 17.8 Å². The number of carboxylic acid groups (broad SMARTS) is 1. The van der Waals surface area contributed by atoms with Crippen LogP contribution in [0.25, 0.3) is 0 Å². The molecule has 0 radical (unpaired) electrons. The zero-order valence-corrected chi connectivity index (χ0v) is 14.0. The SMILES string of the molecule is CC(C)C(NC(=O)c1ccc(CNC(=O)c2ccco2)cc1)C(=O)O. The van der Waals surface area contributed by atoms with Crippen LogP contribution in [0.3, 0.4) is 0 Å². The molecule has 0 aliphatic heterocycles. The second kappa shape index (κ2) is 8.14. The molecule has 1 aromatic heterocycles. The average molecular weight is 344 g/mol. The number of furan rings is 1. The minimum Gasteiger partial charge on any atom is -0.480 e. The molecule has 1 heterocycles. The van der Waals surface area contributed by atoms with E-state index in [9.17, 15) is 14.4 Å². The minimum absolute atomic E-state index is 0.225. The van der Waals surface area contributed by atoms with E-state index in [-0.39, 0.29) is 24.1 Å². The molecule has 25 heavy (non-hydrogen) atoms. The lowest BCUT2D eigenvalue weighted by molar-refractivity contribution is -0.140. The van der Waals surface area contributed by atoms with Gasteiger partial charge in [0.15, 0.2) is 5.76 Å². The third-order valence-electron chi connectivity index (χ3n) is 3.63. The second-order valence-corrected chi connectivity index (χ2v) is 5.89. The van der Waals surface area contributed by atoms with E-state index in [0.717, 1.165) is 5.56 Å². The first-order chi connectivity index (χ1) is 11.9. The standard InChI is InChI=1S/C18H20N2O5/c1-11(2)15(18(23)24)20-16(21)13-7-5-12(6-8-13)10-19-17(22)14-4-3-9-25-14/h3-9,11,15H,10H2,1-2H3,(H,19,22)(H,20,21)(H,23,24). The van der Waals surface area contributed by atoms with Gasteiger partial charge in [0.25, 0.3) is 11.8 Å². The molecule has 2 aromatic rings. The molecule has 2 rings (SSSR count). The van der Waals surface area contributed by atoms with Crippen molar-refractivity contribution in [3.8, 4) is 0 Å². The Balaban J connectivity index is 1.93. The molecule has 0 fully saturated rings. The van der Waals surface area contributed by atoms with Crippen molar-refractivity contribution < 1.29 is 23.9 Å². The fraction of sp³-hybridized carbons (Fsp3) is 0.278. The van der Waals surface area contributed by atoms with E-state index in [2.05, 4.69) is 10.6 Å². The van der Waals surface area contributed by atoms with Crippen LogP contribution in [0, 0.1) is 5.92 Å². The Morgan fingerprint density at radius 1 is 1.08 bits per heavy atom. The lowest BCUT2D eigenvalue weighted by Gasteiger charge is -2.18. The maximum Gasteiger partial charge on any atom is 0.326 e. The molecule has 132 valence electrons. The van der Waals surface area contributed by atoms with E-state index in [1.54, 1.807) is 50.2 Å². The third kappa shape index (κ3) is 4.94. The first-order valence-electron chi connectivity index (χ1n) is 7.83. The van der Waals surface area contributed by atoms with Gasteiger partial charge in [0, 0.05) is 12.1 Å². The summed E-state index contributed by atoms with van der Waals surface area (Å²) in [5, 5.41) is 14.3. The van der Waals surface area contributed by atoms with E-state index in [4.69, 9.17) is 9.52 Å². The van der Waals surface area contributed by atoms with Crippen molar-refractivity contribution in [2.75, 3.05) is 0 Å². The smallest absolute Gasteiger partial charge is 0.326 e. The summed E-state index contributed by atoms with van der Waals surface area (Å²) in [6.45, 7) is 3.74. The Labute approximate surface area is 145 Å². The zero-order valence-electron chi connectivity index (χ0n) is 14.0. The van der Waals surface area contributed by atoms with Crippen molar-refractivity contribution in [1.29, 1.82) is 0 Å². The molecule has 0 spiro atoms. The van der Waals surface area contributed by atoms with Gasteiger partial charge in [-0.25, -0.2) is 4.79 Å². The van der Waals surface area contributed by atoms with E-state index < -0.39 is 17.9 Å². The van der Waals surface area contributed by atoms with Gasteiger partial charge in [-0.2, -0.15) is 0 Å². The fourth-order valence-electron chi connectivity index (χ4n) is 2.19. The highest BCUT2D eigenvalue weighted by Gasteiger charge is 2.23. The molecule has 1 aromatic carbocycles. The van der Waals surface area contributed by atoms with Gasteiger partial charge >= 0.3 is 5.97 Å². The number of carbonyl (C=O) groups excluding carboxylic acids is 2. The monoisotopic (exact) mass is 344 g/mol. The van der Waals surface area contributed by atoms with Gasteiger partial charge < -0.3 is 20.2 Å². The molecule has 7 nitrogen and oxygen atoms in total. The summed E-state index contributed by atoms with van der Waals surface area (Å²) < 4.78 is 5.00. The van der Waals surface area contributed by atoms with Crippen LogP contribution in [0.5, 0.6) is 0 Å². The van der Waals surface area contributed by atoms with Gasteiger partial charge in [0.05, 0.1) is 6.26 Å². The highest BCUT2D eigenvalue weighted by Crippen LogP contribution is 2.08. The number of nitrogens with one attached hydrogen (secondary N) is 2. The summed E-state index contributed by atoms with van der Waals surface area (Å²) in [6, 6.07) is 8.82. The molecule has 0 aliphatic rings. The minimum atomic E-state index is -1.07. The maximum atomic E-state index is 12.1. The van der Waals surface area contributed by atoms with Crippen LogP contribution in [0.2, 0.25) is 0 Å².